The van der Waals surface area contributed by atoms with Crippen LogP contribution in [0, 0.1) is 5.92 Å². The molecule has 2 atom stereocenters. The fourth-order valence-corrected chi connectivity index (χ4v) is 4.14. The molecule has 1 aromatic carbocycles. The average molecular weight is 360 g/mol. The Balaban J connectivity index is 1.43. The van der Waals surface area contributed by atoms with Gasteiger partial charge in [0.05, 0.1) is 18.5 Å². The highest BCUT2D eigenvalue weighted by Gasteiger charge is 2.34. The summed E-state index contributed by atoms with van der Waals surface area (Å²) in [7, 11) is 0. The van der Waals surface area contributed by atoms with Crippen LogP contribution in [0.15, 0.2) is 18.2 Å². The van der Waals surface area contributed by atoms with Gasteiger partial charge in [0, 0.05) is 13.1 Å². The number of rotatable bonds is 4. The zero-order chi connectivity index (χ0) is 18.1. The molecule has 2 saturated heterocycles. The Kier molecular flexibility index (Phi) is 4.72. The van der Waals surface area contributed by atoms with E-state index in [1.807, 2.05) is 28.0 Å². The number of carbonyl (C=O) groups excluding carboxylic acids is 1. The summed E-state index contributed by atoms with van der Waals surface area (Å²) in [6, 6.07) is 5.97. The second kappa shape index (κ2) is 7.15. The van der Waals surface area contributed by atoms with Gasteiger partial charge in [-0.15, -0.1) is 0 Å². The highest BCUT2D eigenvalue weighted by Crippen LogP contribution is 2.38. The molecular formula is C19H24N2O5. The van der Waals surface area contributed by atoms with Crippen molar-refractivity contribution in [1.82, 2.24) is 9.80 Å². The van der Waals surface area contributed by atoms with Crippen LogP contribution in [-0.2, 0) is 9.59 Å². The maximum absolute atomic E-state index is 12.8. The van der Waals surface area contributed by atoms with E-state index >= 15 is 0 Å². The number of carboxylic acids is 1. The molecule has 4 rings (SSSR count). The highest BCUT2D eigenvalue weighted by molar-refractivity contribution is 5.79. The van der Waals surface area contributed by atoms with E-state index in [9.17, 15) is 9.59 Å². The van der Waals surface area contributed by atoms with Crippen LogP contribution in [-0.4, -0.2) is 66.2 Å². The SMILES string of the molecule is O=C(O)C1CCN(CC(=O)N2CCCC2c2ccc3c(c2)OCCO3)C1. The molecule has 1 aromatic rings. The summed E-state index contributed by atoms with van der Waals surface area (Å²) in [6.45, 7) is 3.28. The molecule has 26 heavy (non-hydrogen) atoms. The van der Waals surface area contributed by atoms with Crippen LogP contribution in [0.2, 0.25) is 0 Å². The van der Waals surface area contributed by atoms with Crippen molar-refractivity contribution in [2.45, 2.75) is 25.3 Å². The van der Waals surface area contributed by atoms with E-state index in [1.54, 1.807) is 0 Å². The first kappa shape index (κ1) is 17.1. The molecule has 0 bridgehead atoms. The molecule has 2 fully saturated rings. The van der Waals surface area contributed by atoms with Crippen LogP contribution in [0.4, 0.5) is 0 Å². The number of likely N-dealkylation sites (tertiary alicyclic amines) is 2. The molecule has 3 aliphatic rings. The predicted octanol–water partition coefficient (Wildman–Crippen LogP) is 1.53. The molecule has 140 valence electrons. The summed E-state index contributed by atoms with van der Waals surface area (Å²) in [5.74, 6) is 0.461. The topological polar surface area (TPSA) is 79.3 Å². The zero-order valence-electron chi connectivity index (χ0n) is 14.7. The van der Waals surface area contributed by atoms with E-state index in [2.05, 4.69) is 0 Å². The standard InChI is InChI=1S/C19H24N2O5/c22-18(12-20-7-5-14(11-20)19(23)24)21-6-1-2-15(21)13-3-4-16-17(10-13)26-9-8-25-16/h3-4,10,14-15H,1-2,5-9,11-12H2,(H,23,24). The normalized spacial score (nSPS) is 25.5. The van der Waals surface area contributed by atoms with E-state index < -0.39 is 5.97 Å². The molecule has 7 heteroatoms. The lowest BCUT2D eigenvalue weighted by molar-refractivity contribution is -0.141. The molecule has 0 radical (unpaired) electrons. The molecule has 3 heterocycles. The van der Waals surface area contributed by atoms with E-state index in [1.165, 1.54) is 0 Å². The van der Waals surface area contributed by atoms with Crippen molar-refractivity contribution in [2.24, 2.45) is 5.92 Å². The number of carboxylic acid groups (broad SMARTS) is 1. The number of hydrogen-bond donors (Lipinski definition) is 1. The zero-order valence-corrected chi connectivity index (χ0v) is 14.7. The molecule has 7 nitrogen and oxygen atoms in total. The molecule has 2 unspecified atom stereocenters. The summed E-state index contributed by atoms with van der Waals surface area (Å²) in [6.07, 6.45) is 2.53. The van der Waals surface area contributed by atoms with Gasteiger partial charge in [0.1, 0.15) is 13.2 Å². The minimum Gasteiger partial charge on any atom is -0.486 e. The summed E-state index contributed by atoms with van der Waals surface area (Å²) >= 11 is 0. The number of fused-ring (bicyclic) bond motifs is 1. The van der Waals surface area contributed by atoms with Crippen LogP contribution in [0.25, 0.3) is 0 Å². The smallest absolute Gasteiger partial charge is 0.307 e. The summed E-state index contributed by atoms with van der Waals surface area (Å²) < 4.78 is 11.2. The van der Waals surface area contributed by atoms with Crippen molar-refractivity contribution in [3.63, 3.8) is 0 Å². The Labute approximate surface area is 152 Å². The van der Waals surface area contributed by atoms with Gasteiger partial charge in [0.2, 0.25) is 5.91 Å². The summed E-state index contributed by atoms with van der Waals surface area (Å²) in [5.41, 5.74) is 1.07. The first-order valence-electron chi connectivity index (χ1n) is 9.26. The maximum atomic E-state index is 12.8. The second-order valence-electron chi connectivity index (χ2n) is 7.21. The summed E-state index contributed by atoms with van der Waals surface area (Å²) in [4.78, 5) is 27.8. The molecule has 1 N–H and O–H groups in total. The first-order valence-corrected chi connectivity index (χ1v) is 9.26. The average Bonchev–Trinajstić information content (AvgIpc) is 3.30. The molecule has 0 spiro atoms. The predicted molar refractivity (Wildman–Crippen MR) is 93.3 cm³/mol. The van der Waals surface area contributed by atoms with Crippen molar-refractivity contribution >= 4 is 11.9 Å². The van der Waals surface area contributed by atoms with Gasteiger partial charge in [0.25, 0.3) is 0 Å². The lowest BCUT2D eigenvalue weighted by Crippen LogP contribution is -2.39. The molecule has 0 aromatic heterocycles. The number of nitrogens with zero attached hydrogens (tertiary/aromatic N) is 2. The Morgan fingerprint density at radius 2 is 1.92 bits per heavy atom. The van der Waals surface area contributed by atoms with Gasteiger partial charge < -0.3 is 19.5 Å². The lowest BCUT2D eigenvalue weighted by Gasteiger charge is -2.28. The van der Waals surface area contributed by atoms with Gasteiger partial charge in [-0.3, -0.25) is 14.5 Å². The number of amides is 1. The summed E-state index contributed by atoms with van der Waals surface area (Å²) in [5, 5.41) is 9.12. The Hall–Kier alpha value is -2.28. The third kappa shape index (κ3) is 3.35. The van der Waals surface area contributed by atoms with Gasteiger partial charge >= 0.3 is 5.97 Å². The highest BCUT2D eigenvalue weighted by atomic mass is 16.6. The third-order valence-electron chi connectivity index (χ3n) is 5.50. The minimum absolute atomic E-state index is 0.0520. The van der Waals surface area contributed by atoms with Gasteiger partial charge in [-0.05, 0) is 43.5 Å². The van der Waals surface area contributed by atoms with Crippen LogP contribution in [0.5, 0.6) is 11.5 Å². The van der Waals surface area contributed by atoms with E-state index in [0.717, 1.165) is 36.4 Å². The van der Waals surface area contributed by atoms with Gasteiger partial charge in [0.15, 0.2) is 11.5 Å². The number of benzene rings is 1. The Bertz CT molecular complexity index is 707. The molecule has 0 aliphatic carbocycles. The van der Waals surface area contributed by atoms with Gasteiger partial charge in [-0.25, -0.2) is 0 Å². The van der Waals surface area contributed by atoms with E-state index in [4.69, 9.17) is 14.6 Å². The van der Waals surface area contributed by atoms with Gasteiger partial charge in [-0.1, -0.05) is 6.07 Å². The van der Waals surface area contributed by atoms with Crippen molar-refractivity contribution in [3.8, 4) is 11.5 Å². The van der Waals surface area contributed by atoms with Crippen molar-refractivity contribution in [3.05, 3.63) is 23.8 Å². The van der Waals surface area contributed by atoms with Crippen molar-refractivity contribution in [2.75, 3.05) is 39.4 Å². The number of hydrogen-bond acceptors (Lipinski definition) is 5. The van der Waals surface area contributed by atoms with Crippen molar-refractivity contribution < 1.29 is 24.2 Å². The maximum Gasteiger partial charge on any atom is 0.307 e. The van der Waals surface area contributed by atoms with Crippen LogP contribution < -0.4 is 9.47 Å². The molecule has 0 saturated carbocycles. The Morgan fingerprint density at radius 3 is 2.69 bits per heavy atom. The fraction of sp³-hybridized carbons (Fsp3) is 0.579. The lowest BCUT2D eigenvalue weighted by atomic mass is 10.0. The van der Waals surface area contributed by atoms with E-state index in [-0.39, 0.29) is 17.9 Å². The first-order chi connectivity index (χ1) is 12.6. The molecule has 3 aliphatic heterocycles. The largest absolute Gasteiger partial charge is 0.486 e. The minimum atomic E-state index is -0.768. The molecular weight excluding hydrogens is 336 g/mol. The fourth-order valence-electron chi connectivity index (χ4n) is 4.14. The van der Waals surface area contributed by atoms with Crippen LogP contribution in [0.1, 0.15) is 30.9 Å². The van der Waals surface area contributed by atoms with Gasteiger partial charge in [-0.2, -0.15) is 0 Å². The third-order valence-corrected chi connectivity index (χ3v) is 5.50. The Morgan fingerprint density at radius 1 is 1.12 bits per heavy atom. The molecule has 1 amide bonds. The number of carbonyl (C=O) groups is 2. The van der Waals surface area contributed by atoms with Crippen LogP contribution >= 0.6 is 0 Å². The van der Waals surface area contributed by atoms with Crippen molar-refractivity contribution in [1.29, 1.82) is 0 Å². The quantitative estimate of drug-likeness (QED) is 0.877. The second-order valence-corrected chi connectivity index (χ2v) is 7.21. The monoisotopic (exact) mass is 360 g/mol. The van der Waals surface area contributed by atoms with Crippen LogP contribution in [0.3, 0.4) is 0 Å². The van der Waals surface area contributed by atoms with E-state index in [0.29, 0.717) is 39.3 Å². The number of aliphatic carboxylic acids is 1. The number of ether oxygens (including phenoxy) is 2.